The maximum atomic E-state index is 12.8. The summed E-state index contributed by atoms with van der Waals surface area (Å²) in [6, 6.07) is 6.75. The number of carbonyl (C=O) groups is 3. The van der Waals surface area contributed by atoms with E-state index < -0.39 is 5.60 Å². The molecule has 184 valence electrons. The molecule has 3 aromatic rings. The molecule has 0 radical (unpaired) electrons. The summed E-state index contributed by atoms with van der Waals surface area (Å²) >= 11 is 1.35. The van der Waals surface area contributed by atoms with Gasteiger partial charge in [0.05, 0.1) is 18.6 Å². The lowest BCUT2D eigenvalue weighted by molar-refractivity contribution is -0.116. The molecule has 35 heavy (non-hydrogen) atoms. The van der Waals surface area contributed by atoms with Gasteiger partial charge in [0.15, 0.2) is 5.13 Å². The number of carbonyl (C=O) groups excluding carboxylic acids is 3. The average Bonchev–Trinajstić information content (AvgIpc) is 3.45. The van der Waals surface area contributed by atoms with Gasteiger partial charge < -0.3 is 19.5 Å². The zero-order chi connectivity index (χ0) is 25.0. The molecule has 2 aromatic heterocycles. The second-order valence-corrected chi connectivity index (χ2v) is 10.3. The smallest absolute Gasteiger partial charge is 0.410 e. The molecule has 0 atom stereocenters. The Morgan fingerprint density at radius 1 is 1.20 bits per heavy atom. The van der Waals surface area contributed by atoms with Crippen molar-refractivity contribution in [3.63, 3.8) is 0 Å². The Labute approximate surface area is 207 Å². The van der Waals surface area contributed by atoms with Crippen LogP contribution in [0.5, 0.6) is 0 Å². The number of anilines is 2. The first-order valence-electron chi connectivity index (χ1n) is 11.3. The molecule has 0 aliphatic carbocycles. The minimum absolute atomic E-state index is 0.154. The van der Waals surface area contributed by atoms with Crippen molar-refractivity contribution < 1.29 is 19.1 Å². The molecule has 11 heteroatoms. The highest BCUT2D eigenvalue weighted by Gasteiger charge is 2.28. The summed E-state index contributed by atoms with van der Waals surface area (Å²) < 4.78 is 7.28. The fourth-order valence-electron chi connectivity index (χ4n) is 3.51. The number of nitrogens with one attached hydrogen (secondary N) is 2. The van der Waals surface area contributed by atoms with Crippen molar-refractivity contribution in [3.05, 3.63) is 59.1 Å². The molecule has 1 aliphatic heterocycles. The van der Waals surface area contributed by atoms with Gasteiger partial charge >= 0.3 is 6.09 Å². The number of aryl methyl sites for hydroxylation is 1. The standard InChI is InChI=1S/C24H28N6O4S/c1-24(2,3)34-23(33)30-11-7-18-19(14-30)35-22(27-18)28-21(32)16-5-4-6-17(13-16)26-20(31)8-10-29-12-9-25-15-29/h4-6,9,12-13,15H,7-8,10-11,14H2,1-3H3,(H,26,31)(H,27,28,32). The predicted octanol–water partition coefficient (Wildman–Crippen LogP) is 3.91. The van der Waals surface area contributed by atoms with Gasteiger partial charge in [-0.2, -0.15) is 0 Å². The molecule has 3 amide bonds. The van der Waals surface area contributed by atoms with Crippen molar-refractivity contribution in [2.24, 2.45) is 0 Å². The Hall–Kier alpha value is -3.73. The summed E-state index contributed by atoms with van der Waals surface area (Å²) in [4.78, 5) is 48.5. The van der Waals surface area contributed by atoms with E-state index in [2.05, 4.69) is 20.6 Å². The van der Waals surface area contributed by atoms with Crippen LogP contribution in [0.25, 0.3) is 0 Å². The number of amides is 3. The summed E-state index contributed by atoms with van der Waals surface area (Å²) in [7, 11) is 0. The van der Waals surface area contributed by atoms with E-state index in [0.29, 0.717) is 42.4 Å². The monoisotopic (exact) mass is 496 g/mol. The minimum Gasteiger partial charge on any atom is -0.444 e. The number of hydrogen-bond donors (Lipinski definition) is 2. The van der Waals surface area contributed by atoms with Crippen LogP contribution in [0.1, 0.15) is 48.1 Å². The van der Waals surface area contributed by atoms with Crippen molar-refractivity contribution in [2.45, 2.75) is 52.3 Å². The van der Waals surface area contributed by atoms with Crippen molar-refractivity contribution in [1.82, 2.24) is 19.4 Å². The number of ether oxygens (including phenoxy) is 1. The molecule has 0 saturated carbocycles. The lowest BCUT2D eigenvalue weighted by Crippen LogP contribution is -2.39. The van der Waals surface area contributed by atoms with E-state index in [0.717, 1.165) is 10.6 Å². The van der Waals surface area contributed by atoms with Gasteiger partial charge in [0, 0.05) is 54.5 Å². The van der Waals surface area contributed by atoms with Crippen LogP contribution in [0.2, 0.25) is 0 Å². The van der Waals surface area contributed by atoms with Gasteiger partial charge in [-0.1, -0.05) is 17.4 Å². The average molecular weight is 497 g/mol. The van der Waals surface area contributed by atoms with Gasteiger partial charge in [-0.15, -0.1) is 0 Å². The quantitative estimate of drug-likeness (QED) is 0.534. The summed E-state index contributed by atoms with van der Waals surface area (Å²) in [5.74, 6) is -0.479. The molecule has 0 fully saturated rings. The zero-order valence-electron chi connectivity index (χ0n) is 19.9. The highest BCUT2D eigenvalue weighted by Crippen LogP contribution is 2.29. The summed E-state index contributed by atoms with van der Waals surface area (Å²) in [5.41, 5.74) is 1.27. The van der Waals surface area contributed by atoms with E-state index in [1.165, 1.54) is 11.3 Å². The van der Waals surface area contributed by atoms with Crippen molar-refractivity contribution in [1.29, 1.82) is 0 Å². The van der Waals surface area contributed by atoms with Crippen LogP contribution in [0.15, 0.2) is 43.0 Å². The number of rotatable bonds is 6. The van der Waals surface area contributed by atoms with Crippen LogP contribution < -0.4 is 10.6 Å². The van der Waals surface area contributed by atoms with Crippen molar-refractivity contribution in [2.75, 3.05) is 17.2 Å². The number of aromatic nitrogens is 3. The SMILES string of the molecule is CC(C)(C)OC(=O)N1CCc2nc(NC(=O)c3cccc(NC(=O)CCn4ccnc4)c3)sc2C1. The first kappa shape index (κ1) is 24.4. The third-order valence-corrected chi connectivity index (χ3v) is 6.17. The molecule has 0 unspecified atom stereocenters. The molecule has 1 aliphatic rings. The molecule has 3 heterocycles. The van der Waals surface area contributed by atoms with Gasteiger partial charge in [-0.3, -0.25) is 14.9 Å². The van der Waals surface area contributed by atoms with Gasteiger partial charge in [-0.05, 0) is 39.0 Å². The maximum Gasteiger partial charge on any atom is 0.410 e. The number of benzene rings is 1. The van der Waals surface area contributed by atoms with E-state index in [4.69, 9.17) is 4.74 Å². The molecule has 0 spiro atoms. The number of thiazole rings is 1. The van der Waals surface area contributed by atoms with E-state index in [1.807, 2.05) is 25.3 Å². The minimum atomic E-state index is -0.557. The second kappa shape index (κ2) is 10.3. The van der Waals surface area contributed by atoms with Crippen molar-refractivity contribution in [3.8, 4) is 0 Å². The first-order chi connectivity index (χ1) is 16.7. The predicted molar refractivity (Wildman–Crippen MR) is 132 cm³/mol. The van der Waals surface area contributed by atoms with Crippen LogP contribution in [-0.4, -0.2) is 49.5 Å². The molecule has 0 saturated heterocycles. The van der Waals surface area contributed by atoms with Gasteiger partial charge in [0.25, 0.3) is 5.91 Å². The maximum absolute atomic E-state index is 12.8. The fourth-order valence-corrected chi connectivity index (χ4v) is 4.53. The van der Waals surface area contributed by atoms with Gasteiger partial charge in [0.1, 0.15) is 5.60 Å². The molecular formula is C24H28N6O4S. The van der Waals surface area contributed by atoms with Crippen LogP contribution in [-0.2, 0) is 29.0 Å². The fraction of sp³-hybridized carbons (Fsp3) is 0.375. The Bertz CT molecular complexity index is 1220. The Morgan fingerprint density at radius 3 is 2.77 bits per heavy atom. The van der Waals surface area contributed by atoms with E-state index in [-0.39, 0.29) is 24.3 Å². The molecule has 2 N–H and O–H groups in total. The number of hydrogen-bond acceptors (Lipinski definition) is 7. The molecule has 4 rings (SSSR count). The Balaban J connectivity index is 1.34. The van der Waals surface area contributed by atoms with E-state index >= 15 is 0 Å². The largest absolute Gasteiger partial charge is 0.444 e. The van der Waals surface area contributed by atoms with E-state index in [9.17, 15) is 14.4 Å². The lowest BCUT2D eigenvalue weighted by atomic mass is 10.2. The van der Waals surface area contributed by atoms with E-state index in [1.54, 1.807) is 47.9 Å². The highest BCUT2D eigenvalue weighted by molar-refractivity contribution is 7.15. The zero-order valence-corrected chi connectivity index (χ0v) is 20.7. The molecule has 10 nitrogen and oxygen atoms in total. The normalized spacial score (nSPS) is 13.2. The van der Waals surface area contributed by atoms with Crippen LogP contribution in [0.3, 0.4) is 0 Å². The third-order valence-electron chi connectivity index (χ3n) is 5.17. The number of fused-ring (bicyclic) bond motifs is 1. The molecular weight excluding hydrogens is 468 g/mol. The summed E-state index contributed by atoms with van der Waals surface area (Å²) in [6.45, 7) is 6.94. The summed E-state index contributed by atoms with van der Waals surface area (Å²) in [5, 5.41) is 6.13. The topological polar surface area (TPSA) is 118 Å². The third kappa shape index (κ3) is 6.66. The molecule has 0 bridgehead atoms. The van der Waals surface area contributed by atoms with Crippen LogP contribution in [0, 0.1) is 0 Å². The summed E-state index contributed by atoms with van der Waals surface area (Å²) in [6.07, 6.45) is 5.65. The van der Waals surface area contributed by atoms with Crippen molar-refractivity contribution >= 4 is 40.1 Å². The van der Waals surface area contributed by atoms with Crippen LogP contribution in [0.4, 0.5) is 15.6 Å². The number of nitrogens with zero attached hydrogens (tertiary/aromatic N) is 4. The van der Waals surface area contributed by atoms with Gasteiger partial charge in [0.2, 0.25) is 5.91 Å². The second-order valence-electron chi connectivity index (χ2n) is 9.17. The Morgan fingerprint density at radius 2 is 2.03 bits per heavy atom. The van der Waals surface area contributed by atoms with Gasteiger partial charge in [-0.25, -0.2) is 14.8 Å². The Kier molecular flexibility index (Phi) is 7.15. The van der Waals surface area contributed by atoms with Crippen LogP contribution >= 0.6 is 11.3 Å². The number of imidazole rings is 1. The highest BCUT2D eigenvalue weighted by atomic mass is 32.1. The molecule has 1 aromatic carbocycles. The first-order valence-corrected chi connectivity index (χ1v) is 12.1. The lowest BCUT2D eigenvalue weighted by Gasteiger charge is -2.29.